The molecule has 2 aromatic carbocycles. The lowest BCUT2D eigenvalue weighted by atomic mass is 10.2. The van der Waals surface area contributed by atoms with Gasteiger partial charge in [-0.3, -0.25) is 4.79 Å². The molecule has 0 unspecified atom stereocenters. The van der Waals surface area contributed by atoms with Gasteiger partial charge >= 0.3 is 0 Å². The topological polar surface area (TPSA) is 88.6 Å². The zero-order valence-electron chi connectivity index (χ0n) is 17.1. The minimum atomic E-state index is -3.63. The van der Waals surface area contributed by atoms with Crippen LogP contribution in [0.1, 0.15) is 5.56 Å². The van der Waals surface area contributed by atoms with Gasteiger partial charge in [-0.05, 0) is 36.8 Å². The number of anilines is 1. The Labute approximate surface area is 185 Å². The molecule has 162 valence electrons. The van der Waals surface area contributed by atoms with Crippen LogP contribution in [-0.4, -0.2) is 55.7 Å². The van der Waals surface area contributed by atoms with E-state index in [0.29, 0.717) is 32.0 Å². The number of aryl methyl sites for hydroxylation is 1. The van der Waals surface area contributed by atoms with Crippen LogP contribution in [0.3, 0.4) is 0 Å². The lowest BCUT2D eigenvalue weighted by Gasteiger charge is -2.26. The van der Waals surface area contributed by atoms with Crippen LogP contribution in [0.15, 0.2) is 64.5 Å². The van der Waals surface area contributed by atoms with E-state index in [1.54, 1.807) is 12.1 Å². The van der Waals surface area contributed by atoms with Gasteiger partial charge in [0.1, 0.15) is 0 Å². The highest BCUT2D eigenvalue weighted by atomic mass is 32.2. The lowest BCUT2D eigenvalue weighted by molar-refractivity contribution is -0.113. The highest BCUT2D eigenvalue weighted by Crippen LogP contribution is 2.25. The Balaban J connectivity index is 1.44. The van der Waals surface area contributed by atoms with E-state index in [1.165, 1.54) is 22.1 Å². The van der Waals surface area contributed by atoms with Crippen LogP contribution < -0.4 is 5.32 Å². The third-order valence-electron chi connectivity index (χ3n) is 5.01. The number of pyridine rings is 1. The molecule has 1 N–H and O–H groups in total. The van der Waals surface area contributed by atoms with Crippen molar-refractivity contribution in [3.63, 3.8) is 0 Å². The number of nitrogens with one attached hydrogen (secondary N) is 1. The number of thioether (sulfide) groups is 1. The molecule has 1 aromatic heterocycles. The minimum absolute atomic E-state index is 0.166. The number of sulfonamides is 1. The number of amides is 1. The molecule has 4 rings (SSSR count). The zero-order chi connectivity index (χ0) is 21.8. The summed E-state index contributed by atoms with van der Waals surface area (Å²) in [6.07, 6.45) is 0. The highest BCUT2D eigenvalue weighted by molar-refractivity contribution is 7.99. The lowest BCUT2D eigenvalue weighted by Crippen LogP contribution is -2.40. The van der Waals surface area contributed by atoms with Crippen molar-refractivity contribution in [3.8, 4) is 0 Å². The Morgan fingerprint density at radius 1 is 1.13 bits per heavy atom. The number of morpholine rings is 1. The summed E-state index contributed by atoms with van der Waals surface area (Å²) in [5.41, 5.74) is 2.17. The van der Waals surface area contributed by atoms with Crippen molar-refractivity contribution in [3.05, 3.63) is 60.2 Å². The summed E-state index contributed by atoms with van der Waals surface area (Å²) >= 11 is 1.34. The standard InChI is InChI=1S/C22H23N3O4S2/c1-16-6-8-18(31(27,28)25-10-12-29-13-11-25)14-20(16)23-21(26)15-30-22-9-7-17-4-2-3-5-19(17)24-22/h2-9,14H,10-13,15H2,1H3,(H,23,26). The second-order valence-electron chi connectivity index (χ2n) is 7.17. The molecule has 0 aliphatic carbocycles. The molecule has 0 spiro atoms. The zero-order valence-corrected chi connectivity index (χ0v) is 18.7. The molecule has 2 heterocycles. The molecule has 0 saturated carbocycles. The SMILES string of the molecule is Cc1ccc(S(=O)(=O)N2CCOCC2)cc1NC(=O)CSc1ccc2ccccc2n1. The van der Waals surface area contributed by atoms with E-state index in [2.05, 4.69) is 10.3 Å². The number of hydrogen-bond donors (Lipinski definition) is 1. The van der Waals surface area contributed by atoms with Crippen LogP contribution in [0.25, 0.3) is 10.9 Å². The van der Waals surface area contributed by atoms with Crippen LogP contribution in [0.2, 0.25) is 0 Å². The van der Waals surface area contributed by atoms with Gasteiger partial charge in [-0.1, -0.05) is 42.1 Å². The molecule has 1 aliphatic rings. The van der Waals surface area contributed by atoms with Crippen molar-refractivity contribution >= 4 is 44.3 Å². The number of nitrogens with zero attached hydrogens (tertiary/aromatic N) is 2. The molecule has 1 fully saturated rings. The monoisotopic (exact) mass is 457 g/mol. The smallest absolute Gasteiger partial charge is 0.243 e. The molecule has 3 aromatic rings. The molecule has 0 radical (unpaired) electrons. The first-order chi connectivity index (χ1) is 14.9. The average molecular weight is 458 g/mol. The van der Waals surface area contributed by atoms with Gasteiger partial charge in [0.25, 0.3) is 0 Å². The third kappa shape index (κ3) is 5.07. The number of fused-ring (bicyclic) bond motifs is 1. The van der Waals surface area contributed by atoms with E-state index >= 15 is 0 Å². The Hall–Kier alpha value is -2.46. The number of carbonyl (C=O) groups is 1. The number of benzene rings is 2. The molecule has 1 aliphatic heterocycles. The molecule has 31 heavy (non-hydrogen) atoms. The first-order valence-electron chi connectivity index (χ1n) is 9.90. The van der Waals surface area contributed by atoms with Crippen LogP contribution >= 0.6 is 11.8 Å². The van der Waals surface area contributed by atoms with Gasteiger partial charge in [0, 0.05) is 24.2 Å². The van der Waals surface area contributed by atoms with E-state index in [0.717, 1.165) is 21.5 Å². The summed E-state index contributed by atoms with van der Waals surface area (Å²) in [4.78, 5) is 17.3. The second kappa shape index (κ2) is 9.35. The molecule has 0 bridgehead atoms. The van der Waals surface area contributed by atoms with Crippen LogP contribution in [0.5, 0.6) is 0 Å². The Bertz CT molecular complexity index is 1210. The van der Waals surface area contributed by atoms with Crippen molar-refractivity contribution < 1.29 is 17.9 Å². The second-order valence-corrected chi connectivity index (χ2v) is 10.1. The molecule has 9 heteroatoms. The van der Waals surface area contributed by atoms with Crippen molar-refractivity contribution in [1.29, 1.82) is 0 Å². The summed E-state index contributed by atoms with van der Waals surface area (Å²) in [7, 11) is -3.63. The van der Waals surface area contributed by atoms with Gasteiger partial charge in [0.2, 0.25) is 15.9 Å². The number of carbonyl (C=O) groups excluding carboxylic acids is 1. The molecule has 0 atom stereocenters. The van der Waals surface area contributed by atoms with E-state index in [-0.39, 0.29) is 16.6 Å². The molecular weight excluding hydrogens is 434 g/mol. The molecule has 1 amide bonds. The van der Waals surface area contributed by atoms with E-state index in [4.69, 9.17) is 4.74 Å². The van der Waals surface area contributed by atoms with Gasteiger partial charge in [-0.2, -0.15) is 4.31 Å². The fourth-order valence-electron chi connectivity index (χ4n) is 3.29. The quantitative estimate of drug-likeness (QED) is 0.572. The van der Waals surface area contributed by atoms with Crippen LogP contribution in [0, 0.1) is 6.92 Å². The number of ether oxygens (including phenoxy) is 1. The summed E-state index contributed by atoms with van der Waals surface area (Å²) in [5, 5.41) is 4.64. The number of rotatable bonds is 6. The normalized spacial score (nSPS) is 15.1. The minimum Gasteiger partial charge on any atom is -0.379 e. The third-order valence-corrected chi connectivity index (χ3v) is 7.84. The van der Waals surface area contributed by atoms with Crippen LogP contribution in [0.4, 0.5) is 5.69 Å². The van der Waals surface area contributed by atoms with Gasteiger partial charge < -0.3 is 10.1 Å². The summed E-state index contributed by atoms with van der Waals surface area (Å²) < 4.78 is 32.5. The Kier molecular flexibility index (Phi) is 6.57. The highest BCUT2D eigenvalue weighted by Gasteiger charge is 2.26. The van der Waals surface area contributed by atoms with E-state index in [9.17, 15) is 13.2 Å². The van der Waals surface area contributed by atoms with Gasteiger partial charge in [0.15, 0.2) is 0 Å². The average Bonchev–Trinajstić information content (AvgIpc) is 2.79. The largest absolute Gasteiger partial charge is 0.379 e. The predicted molar refractivity (Wildman–Crippen MR) is 122 cm³/mol. The molecular formula is C22H23N3O4S2. The van der Waals surface area contributed by atoms with Crippen molar-refractivity contribution in [2.75, 3.05) is 37.4 Å². The van der Waals surface area contributed by atoms with Crippen molar-refractivity contribution in [2.45, 2.75) is 16.8 Å². The van der Waals surface area contributed by atoms with Crippen molar-refractivity contribution in [2.24, 2.45) is 0 Å². The maximum Gasteiger partial charge on any atom is 0.243 e. The number of aromatic nitrogens is 1. The molecule has 1 saturated heterocycles. The van der Waals surface area contributed by atoms with Gasteiger partial charge in [-0.25, -0.2) is 13.4 Å². The van der Waals surface area contributed by atoms with E-state index < -0.39 is 10.0 Å². The number of hydrogen-bond acceptors (Lipinski definition) is 6. The summed E-state index contributed by atoms with van der Waals surface area (Å²) in [6.45, 7) is 3.25. The fraction of sp³-hybridized carbons (Fsp3) is 0.273. The predicted octanol–water partition coefficient (Wildman–Crippen LogP) is 3.29. The maximum atomic E-state index is 12.9. The fourth-order valence-corrected chi connectivity index (χ4v) is 5.40. The van der Waals surface area contributed by atoms with Crippen LogP contribution in [-0.2, 0) is 19.6 Å². The summed E-state index contributed by atoms with van der Waals surface area (Å²) in [6, 6.07) is 16.5. The summed E-state index contributed by atoms with van der Waals surface area (Å²) in [5.74, 6) is -0.0467. The van der Waals surface area contributed by atoms with E-state index in [1.807, 2.05) is 43.3 Å². The maximum absolute atomic E-state index is 12.9. The molecule has 7 nitrogen and oxygen atoms in total. The first-order valence-corrected chi connectivity index (χ1v) is 12.3. The van der Waals surface area contributed by atoms with Gasteiger partial charge in [-0.15, -0.1) is 0 Å². The van der Waals surface area contributed by atoms with Gasteiger partial charge in [0.05, 0.1) is 34.4 Å². The Morgan fingerprint density at radius 3 is 2.71 bits per heavy atom. The Morgan fingerprint density at radius 2 is 1.90 bits per heavy atom. The first kappa shape index (κ1) is 21.8. The number of para-hydroxylation sites is 1. The van der Waals surface area contributed by atoms with Crippen molar-refractivity contribution in [1.82, 2.24) is 9.29 Å².